The van der Waals surface area contributed by atoms with E-state index in [1.165, 1.54) is 0 Å². The molecule has 98 valence electrons. The van der Waals surface area contributed by atoms with Crippen molar-refractivity contribution < 1.29 is 4.92 Å². The van der Waals surface area contributed by atoms with Gasteiger partial charge in [-0.25, -0.2) is 0 Å². The smallest absolute Gasteiger partial charge is 0.274 e. The van der Waals surface area contributed by atoms with Crippen molar-refractivity contribution in [3.63, 3.8) is 0 Å². The van der Waals surface area contributed by atoms with Crippen LogP contribution in [0.5, 0.6) is 0 Å². The Morgan fingerprint density at radius 1 is 1.56 bits per heavy atom. The Hall–Kier alpha value is -1.62. The molecule has 1 atom stereocenters. The molecular formula is C13H19N3O2. The zero-order valence-corrected chi connectivity index (χ0v) is 10.8. The van der Waals surface area contributed by atoms with Gasteiger partial charge in [-0.15, -0.1) is 0 Å². The molecule has 5 heteroatoms. The van der Waals surface area contributed by atoms with Gasteiger partial charge >= 0.3 is 0 Å². The highest BCUT2D eigenvalue weighted by molar-refractivity contribution is 5.57. The van der Waals surface area contributed by atoms with Crippen molar-refractivity contribution in [3.05, 3.63) is 33.9 Å². The quantitative estimate of drug-likeness (QED) is 0.655. The molecule has 1 heterocycles. The molecule has 0 saturated carbocycles. The fraction of sp³-hybridized carbons (Fsp3) is 0.538. The standard InChI is InChI=1S/C13H19N3O2/c1-3-15(12-6-7-14-9-12)11-5-4-10(2)13(8-11)16(17)18/h4-5,8,12,14H,3,6-7,9H2,1-2H3. The molecule has 2 rings (SSSR count). The maximum Gasteiger partial charge on any atom is 0.274 e. The average molecular weight is 249 g/mol. The number of nitrogens with zero attached hydrogens (tertiary/aromatic N) is 2. The van der Waals surface area contributed by atoms with Gasteiger partial charge < -0.3 is 10.2 Å². The number of nitro benzene ring substituents is 1. The normalized spacial score (nSPS) is 18.9. The van der Waals surface area contributed by atoms with E-state index in [4.69, 9.17) is 0 Å². The number of hydrogen-bond acceptors (Lipinski definition) is 4. The summed E-state index contributed by atoms with van der Waals surface area (Å²) in [6.07, 6.45) is 1.09. The Morgan fingerprint density at radius 3 is 2.89 bits per heavy atom. The molecule has 18 heavy (non-hydrogen) atoms. The maximum absolute atomic E-state index is 11.0. The number of rotatable bonds is 4. The van der Waals surface area contributed by atoms with Gasteiger partial charge in [0.1, 0.15) is 0 Å². The molecule has 1 saturated heterocycles. The summed E-state index contributed by atoms with van der Waals surface area (Å²) in [5, 5.41) is 14.3. The Morgan fingerprint density at radius 2 is 2.33 bits per heavy atom. The minimum absolute atomic E-state index is 0.205. The molecule has 0 spiro atoms. The molecule has 1 fully saturated rings. The SMILES string of the molecule is CCN(c1ccc(C)c([N+](=O)[O-])c1)C1CCNC1. The molecule has 1 aromatic rings. The Balaban J connectivity index is 2.30. The highest BCUT2D eigenvalue weighted by Crippen LogP contribution is 2.27. The molecule has 0 radical (unpaired) electrons. The fourth-order valence-corrected chi connectivity index (χ4v) is 2.53. The van der Waals surface area contributed by atoms with Crippen LogP contribution in [0.3, 0.4) is 0 Å². The molecule has 1 N–H and O–H groups in total. The summed E-state index contributed by atoms with van der Waals surface area (Å²) in [7, 11) is 0. The second-order valence-corrected chi connectivity index (χ2v) is 4.66. The molecule has 1 unspecified atom stereocenters. The number of anilines is 1. The minimum atomic E-state index is -0.306. The third-order valence-corrected chi connectivity index (χ3v) is 3.54. The van der Waals surface area contributed by atoms with Gasteiger partial charge in [0.15, 0.2) is 0 Å². The predicted molar refractivity (Wildman–Crippen MR) is 72.1 cm³/mol. The summed E-state index contributed by atoms with van der Waals surface area (Å²) >= 11 is 0. The molecule has 5 nitrogen and oxygen atoms in total. The van der Waals surface area contributed by atoms with Crippen LogP contribution in [0, 0.1) is 17.0 Å². The Bertz CT molecular complexity index is 442. The van der Waals surface area contributed by atoms with Gasteiger partial charge in [-0.3, -0.25) is 10.1 Å². The van der Waals surface area contributed by atoms with Gasteiger partial charge in [-0.05, 0) is 32.9 Å². The molecule has 0 aromatic heterocycles. The van der Waals surface area contributed by atoms with Gasteiger partial charge in [-0.2, -0.15) is 0 Å². The van der Waals surface area contributed by atoms with E-state index < -0.39 is 0 Å². The highest BCUT2D eigenvalue weighted by Gasteiger charge is 2.23. The lowest BCUT2D eigenvalue weighted by Crippen LogP contribution is -2.36. The molecule has 0 aliphatic carbocycles. The number of likely N-dealkylation sites (N-methyl/N-ethyl adjacent to an activating group) is 1. The number of aryl methyl sites for hydroxylation is 1. The van der Waals surface area contributed by atoms with Crippen molar-refractivity contribution in [3.8, 4) is 0 Å². The van der Waals surface area contributed by atoms with Crippen LogP contribution in [0.4, 0.5) is 11.4 Å². The molecule has 0 bridgehead atoms. The summed E-state index contributed by atoms with van der Waals surface area (Å²) in [5.41, 5.74) is 1.87. The summed E-state index contributed by atoms with van der Waals surface area (Å²) in [6.45, 7) is 6.70. The summed E-state index contributed by atoms with van der Waals surface area (Å²) in [5.74, 6) is 0. The predicted octanol–water partition coefficient (Wildman–Crippen LogP) is 2.09. The molecular weight excluding hydrogens is 230 g/mol. The van der Waals surface area contributed by atoms with Crippen LogP contribution in [0.25, 0.3) is 0 Å². The summed E-state index contributed by atoms with van der Waals surface area (Å²) in [6, 6.07) is 5.94. The van der Waals surface area contributed by atoms with Gasteiger partial charge in [0.2, 0.25) is 0 Å². The zero-order valence-electron chi connectivity index (χ0n) is 10.8. The van der Waals surface area contributed by atoms with Crippen LogP contribution in [0.15, 0.2) is 18.2 Å². The third-order valence-electron chi connectivity index (χ3n) is 3.54. The Kier molecular flexibility index (Phi) is 3.81. The summed E-state index contributed by atoms with van der Waals surface area (Å²) in [4.78, 5) is 12.9. The van der Waals surface area contributed by atoms with Crippen LogP contribution in [-0.4, -0.2) is 30.6 Å². The van der Waals surface area contributed by atoms with Crippen molar-refractivity contribution in [2.45, 2.75) is 26.3 Å². The van der Waals surface area contributed by atoms with E-state index in [-0.39, 0.29) is 10.6 Å². The molecule has 1 aromatic carbocycles. The van der Waals surface area contributed by atoms with Crippen LogP contribution >= 0.6 is 0 Å². The monoisotopic (exact) mass is 249 g/mol. The first kappa shape index (κ1) is 12.8. The van der Waals surface area contributed by atoms with Crippen molar-refractivity contribution in [2.24, 2.45) is 0 Å². The number of benzene rings is 1. The van der Waals surface area contributed by atoms with E-state index >= 15 is 0 Å². The lowest BCUT2D eigenvalue weighted by molar-refractivity contribution is -0.385. The molecule has 1 aliphatic heterocycles. The van der Waals surface area contributed by atoms with Crippen molar-refractivity contribution in [2.75, 3.05) is 24.5 Å². The molecule has 0 amide bonds. The lowest BCUT2D eigenvalue weighted by Gasteiger charge is -2.29. The van der Waals surface area contributed by atoms with Gasteiger partial charge in [0.25, 0.3) is 5.69 Å². The lowest BCUT2D eigenvalue weighted by atomic mass is 10.1. The van der Waals surface area contributed by atoms with Crippen molar-refractivity contribution in [1.82, 2.24) is 5.32 Å². The largest absolute Gasteiger partial charge is 0.367 e. The van der Waals surface area contributed by atoms with E-state index in [2.05, 4.69) is 17.1 Å². The van der Waals surface area contributed by atoms with Crippen molar-refractivity contribution in [1.29, 1.82) is 0 Å². The number of nitrogens with one attached hydrogen (secondary N) is 1. The van der Waals surface area contributed by atoms with Gasteiger partial charge in [0.05, 0.1) is 4.92 Å². The average Bonchev–Trinajstić information content (AvgIpc) is 2.85. The van der Waals surface area contributed by atoms with E-state index in [1.807, 2.05) is 12.1 Å². The topological polar surface area (TPSA) is 58.4 Å². The van der Waals surface area contributed by atoms with Gasteiger partial charge in [0, 0.05) is 36.4 Å². The second-order valence-electron chi connectivity index (χ2n) is 4.66. The maximum atomic E-state index is 11.0. The second kappa shape index (κ2) is 5.35. The van der Waals surface area contributed by atoms with Crippen molar-refractivity contribution >= 4 is 11.4 Å². The van der Waals surface area contributed by atoms with E-state index in [0.717, 1.165) is 31.7 Å². The van der Waals surface area contributed by atoms with Gasteiger partial charge in [-0.1, -0.05) is 6.07 Å². The third kappa shape index (κ3) is 2.46. The number of hydrogen-bond donors (Lipinski definition) is 1. The van der Waals surface area contributed by atoms with E-state index in [1.54, 1.807) is 13.0 Å². The van der Waals surface area contributed by atoms with Crippen LogP contribution in [0.2, 0.25) is 0 Å². The van der Waals surface area contributed by atoms with E-state index in [0.29, 0.717) is 11.6 Å². The fourth-order valence-electron chi connectivity index (χ4n) is 2.53. The highest BCUT2D eigenvalue weighted by atomic mass is 16.6. The first-order chi connectivity index (χ1) is 8.63. The first-order valence-corrected chi connectivity index (χ1v) is 6.36. The van der Waals surface area contributed by atoms with E-state index in [9.17, 15) is 10.1 Å². The Labute approximate surface area is 107 Å². The molecule has 1 aliphatic rings. The van der Waals surface area contributed by atoms with Crippen LogP contribution in [-0.2, 0) is 0 Å². The van der Waals surface area contributed by atoms with Crippen LogP contribution < -0.4 is 10.2 Å². The summed E-state index contributed by atoms with van der Waals surface area (Å²) < 4.78 is 0. The van der Waals surface area contributed by atoms with Crippen LogP contribution in [0.1, 0.15) is 18.9 Å². The minimum Gasteiger partial charge on any atom is -0.367 e. The first-order valence-electron chi connectivity index (χ1n) is 6.36. The number of nitro groups is 1. The zero-order chi connectivity index (χ0) is 13.1.